The van der Waals surface area contributed by atoms with Crippen LogP contribution >= 0.6 is 0 Å². The highest BCUT2D eigenvalue weighted by Crippen LogP contribution is 2.24. The molecule has 1 aromatic carbocycles. The summed E-state index contributed by atoms with van der Waals surface area (Å²) in [5.74, 6) is 0.513. The summed E-state index contributed by atoms with van der Waals surface area (Å²) in [6, 6.07) is 10.4. The van der Waals surface area contributed by atoms with Gasteiger partial charge in [0.15, 0.2) is 5.84 Å². The maximum atomic E-state index is 13.4. The Morgan fingerprint density at radius 1 is 1.37 bits per heavy atom. The minimum atomic E-state index is -0.307. The van der Waals surface area contributed by atoms with Gasteiger partial charge >= 0.3 is 0 Å². The smallest absolute Gasteiger partial charge is 0.225 e. The van der Waals surface area contributed by atoms with Crippen molar-refractivity contribution < 1.29 is 14.3 Å². The van der Waals surface area contributed by atoms with Gasteiger partial charge in [-0.2, -0.15) is 0 Å². The number of aromatic nitrogens is 1. The van der Waals surface area contributed by atoms with E-state index in [1.807, 2.05) is 38.1 Å². The fourth-order valence-corrected chi connectivity index (χ4v) is 3.23. The number of rotatable bonds is 5. The Balaban J connectivity index is 1.82. The second-order valence-electron chi connectivity index (χ2n) is 7.00. The van der Waals surface area contributed by atoms with Gasteiger partial charge in [-0.15, -0.1) is 0 Å². The maximum absolute atomic E-state index is 13.4. The summed E-state index contributed by atoms with van der Waals surface area (Å²) >= 11 is 0. The van der Waals surface area contributed by atoms with E-state index in [9.17, 15) is 9.60 Å². The number of nitrogens with zero attached hydrogens (tertiary/aromatic N) is 4. The zero-order valence-corrected chi connectivity index (χ0v) is 15.9. The lowest BCUT2D eigenvalue weighted by Crippen LogP contribution is -2.35. The zero-order chi connectivity index (χ0) is 19.4. The average molecular weight is 372 g/mol. The Morgan fingerprint density at radius 3 is 2.85 bits per heavy atom. The predicted molar refractivity (Wildman–Crippen MR) is 102 cm³/mol. The SMILES string of the molecule is Cc1ccc(/C(=N/O)N2CCC(N(C)C)C2)c(OCc2cccc(F)c2)n1. The molecule has 0 aliphatic carbocycles. The monoisotopic (exact) mass is 372 g/mol. The molecule has 0 bridgehead atoms. The van der Waals surface area contributed by atoms with Gasteiger partial charge in [-0.3, -0.25) is 0 Å². The molecule has 3 rings (SSSR count). The van der Waals surface area contributed by atoms with Crippen LogP contribution in [-0.4, -0.2) is 59.1 Å². The first-order chi connectivity index (χ1) is 13.0. The van der Waals surface area contributed by atoms with Crippen molar-refractivity contribution in [2.24, 2.45) is 5.16 Å². The average Bonchev–Trinajstić information content (AvgIpc) is 3.12. The van der Waals surface area contributed by atoms with Crippen LogP contribution < -0.4 is 4.74 Å². The number of hydrogen-bond acceptors (Lipinski definition) is 5. The predicted octanol–water partition coefficient (Wildman–Crippen LogP) is 2.88. The van der Waals surface area contributed by atoms with Gasteiger partial charge in [-0.25, -0.2) is 9.37 Å². The number of amidine groups is 1. The number of benzene rings is 1. The van der Waals surface area contributed by atoms with E-state index in [0.29, 0.717) is 28.9 Å². The van der Waals surface area contributed by atoms with E-state index < -0.39 is 0 Å². The Morgan fingerprint density at radius 2 is 2.19 bits per heavy atom. The largest absolute Gasteiger partial charge is 0.472 e. The number of aryl methyl sites for hydroxylation is 1. The third-order valence-electron chi connectivity index (χ3n) is 4.79. The van der Waals surface area contributed by atoms with Gasteiger partial charge in [0.05, 0.1) is 5.56 Å². The quantitative estimate of drug-likeness (QED) is 0.378. The number of oxime groups is 1. The molecule has 27 heavy (non-hydrogen) atoms. The molecule has 1 aliphatic heterocycles. The highest BCUT2D eigenvalue weighted by Gasteiger charge is 2.29. The second-order valence-corrected chi connectivity index (χ2v) is 7.00. The molecule has 1 unspecified atom stereocenters. The topological polar surface area (TPSA) is 61.2 Å². The van der Waals surface area contributed by atoms with Gasteiger partial charge in [0, 0.05) is 24.8 Å². The molecule has 1 aliphatic rings. The van der Waals surface area contributed by atoms with E-state index in [0.717, 1.165) is 25.2 Å². The lowest BCUT2D eigenvalue weighted by molar-refractivity contribution is 0.282. The Labute approximate surface area is 158 Å². The molecular weight excluding hydrogens is 347 g/mol. The summed E-state index contributed by atoms with van der Waals surface area (Å²) in [6.07, 6.45) is 0.991. The van der Waals surface area contributed by atoms with E-state index in [4.69, 9.17) is 4.74 Å². The lowest BCUT2D eigenvalue weighted by Gasteiger charge is -2.23. The molecule has 7 heteroatoms. The van der Waals surface area contributed by atoms with E-state index >= 15 is 0 Å². The van der Waals surface area contributed by atoms with Crippen molar-refractivity contribution in [3.63, 3.8) is 0 Å². The summed E-state index contributed by atoms with van der Waals surface area (Å²) in [7, 11) is 4.09. The summed E-state index contributed by atoms with van der Waals surface area (Å²) in [6.45, 7) is 3.61. The fourth-order valence-electron chi connectivity index (χ4n) is 3.23. The first-order valence-corrected chi connectivity index (χ1v) is 8.96. The molecular formula is C20H25FN4O2. The van der Waals surface area contributed by atoms with Crippen LogP contribution in [0.15, 0.2) is 41.6 Å². The summed E-state index contributed by atoms with van der Waals surface area (Å²) in [5, 5.41) is 13.2. The number of hydrogen-bond donors (Lipinski definition) is 1. The molecule has 1 fully saturated rings. The molecule has 1 aromatic heterocycles. The van der Waals surface area contributed by atoms with E-state index in [1.54, 1.807) is 12.1 Å². The van der Waals surface area contributed by atoms with Crippen LogP contribution in [-0.2, 0) is 6.61 Å². The minimum Gasteiger partial charge on any atom is -0.472 e. The Hall–Kier alpha value is -2.67. The normalized spacial score (nSPS) is 17.6. The van der Waals surface area contributed by atoms with Crippen molar-refractivity contribution in [1.29, 1.82) is 0 Å². The van der Waals surface area contributed by atoms with Gasteiger partial charge in [0.25, 0.3) is 0 Å². The van der Waals surface area contributed by atoms with Gasteiger partial charge in [0.1, 0.15) is 12.4 Å². The first kappa shape index (κ1) is 19.1. The van der Waals surface area contributed by atoms with E-state index in [1.165, 1.54) is 12.1 Å². The third-order valence-corrected chi connectivity index (χ3v) is 4.79. The van der Waals surface area contributed by atoms with Crippen molar-refractivity contribution in [2.75, 3.05) is 27.2 Å². The number of likely N-dealkylation sites (N-methyl/N-ethyl adjacent to an activating group) is 1. The van der Waals surface area contributed by atoms with E-state index in [-0.39, 0.29) is 12.4 Å². The summed E-state index contributed by atoms with van der Waals surface area (Å²) < 4.78 is 19.3. The number of ether oxygens (including phenoxy) is 1. The van der Waals surface area contributed by atoms with Crippen LogP contribution in [0, 0.1) is 12.7 Å². The molecule has 0 saturated carbocycles. The first-order valence-electron chi connectivity index (χ1n) is 8.96. The highest BCUT2D eigenvalue weighted by atomic mass is 19.1. The standard InChI is InChI=1S/C20H25FN4O2/c1-14-7-8-18(19(23-26)25-10-9-17(12-25)24(2)3)20(22-14)27-13-15-5-4-6-16(21)11-15/h4-8,11,17,26H,9-10,12-13H2,1-3H3/b23-19-. The second kappa shape index (κ2) is 8.35. The molecule has 0 spiro atoms. The van der Waals surface area contributed by atoms with Gasteiger partial charge in [-0.1, -0.05) is 17.3 Å². The summed E-state index contributed by atoms with van der Waals surface area (Å²) in [5.41, 5.74) is 2.12. The van der Waals surface area contributed by atoms with Gasteiger partial charge in [-0.05, 0) is 57.3 Å². The van der Waals surface area contributed by atoms with Gasteiger partial charge in [0.2, 0.25) is 5.88 Å². The van der Waals surface area contributed by atoms with Crippen LogP contribution in [0.5, 0.6) is 5.88 Å². The molecule has 6 nitrogen and oxygen atoms in total. The number of pyridine rings is 1. The fraction of sp³-hybridized carbons (Fsp3) is 0.400. The van der Waals surface area contributed by atoms with Crippen molar-refractivity contribution in [2.45, 2.75) is 26.0 Å². The molecule has 0 radical (unpaired) electrons. The molecule has 2 heterocycles. The van der Waals surface area contributed by atoms with Crippen molar-refractivity contribution in [1.82, 2.24) is 14.8 Å². The Kier molecular flexibility index (Phi) is 5.91. The lowest BCUT2D eigenvalue weighted by atomic mass is 10.2. The van der Waals surface area contributed by atoms with Crippen LogP contribution in [0.25, 0.3) is 0 Å². The van der Waals surface area contributed by atoms with Crippen molar-refractivity contribution >= 4 is 5.84 Å². The maximum Gasteiger partial charge on any atom is 0.225 e. The number of halogens is 1. The molecule has 0 amide bonds. The van der Waals surface area contributed by atoms with Crippen LogP contribution in [0.2, 0.25) is 0 Å². The van der Waals surface area contributed by atoms with Crippen molar-refractivity contribution in [3.8, 4) is 5.88 Å². The van der Waals surface area contributed by atoms with Crippen LogP contribution in [0.4, 0.5) is 4.39 Å². The molecule has 144 valence electrons. The molecule has 2 aromatic rings. The minimum absolute atomic E-state index is 0.181. The molecule has 1 atom stereocenters. The summed E-state index contributed by atoms with van der Waals surface area (Å²) in [4.78, 5) is 8.66. The Bertz CT molecular complexity index is 825. The zero-order valence-electron chi connectivity index (χ0n) is 15.9. The number of likely N-dealkylation sites (tertiary alicyclic amines) is 1. The molecule has 1 saturated heterocycles. The third kappa shape index (κ3) is 4.54. The van der Waals surface area contributed by atoms with Gasteiger partial charge < -0.3 is 19.7 Å². The van der Waals surface area contributed by atoms with E-state index in [2.05, 4.69) is 15.0 Å². The van der Waals surface area contributed by atoms with Crippen LogP contribution in [0.3, 0.4) is 0 Å². The molecule has 1 N–H and O–H groups in total. The van der Waals surface area contributed by atoms with Crippen LogP contribution in [0.1, 0.15) is 23.2 Å². The highest BCUT2D eigenvalue weighted by molar-refractivity contribution is 6.00. The van der Waals surface area contributed by atoms with Crippen molar-refractivity contribution in [3.05, 3.63) is 59.0 Å².